The Hall–Kier alpha value is -1.16. The van der Waals surface area contributed by atoms with Gasteiger partial charge in [-0.25, -0.2) is 0 Å². The first-order valence-corrected chi connectivity index (χ1v) is 8.92. The van der Waals surface area contributed by atoms with Gasteiger partial charge in [-0.15, -0.1) is 0 Å². The van der Waals surface area contributed by atoms with Crippen LogP contribution in [0.4, 0.5) is 11.4 Å². The molecule has 1 fully saturated rings. The maximum atomic E-state index is 4.62. The molecule has 1 aromatic carbocycles. The number of thioether (sulfide) groups is 1. The molecule has 21 heavy (non-hydrogen) atoms. The lowest BCUT2D eigenvalue weighted by Gasteiger charge is -2.18. The minimum atomic E-state index is 0.649. The van der Waals surface area contributed by atoms with Crippen molar-refractivity contribution in [2.24, 2.45) is 10.9 Å². The minimum absolute atomic E-state index is 0.649. The topological polar surface area (TPSA) is 27.6 Å². The van der Waals surface area contributed by atoms with Crippen molar-refractivity contribution in [1.29, 1.82) is 0 Å². The van der Waals surface area contributed by atoms with Gasteiger partial charge in [-0.2, -0.15) is 0 Å². The van der Waals surface area contributed by atoms with E-state index in [1.807, 2.05) is 11.8 Å². The number of nitrogens with zero attached hydrogens (tertiary/aromatic N) is 2. The van der Waals surface area contributed by atoms with Crippen molar-refractivity contribution in [3.8, 4) is 0 Å². The predicted octanol–water partition coefficient (Wildman–Crippen LogP) is 4.22. The molecule has 0 amide bonds. The normalized spacial score (nSPS) is 22.0. The highest BCUT2D eigenvalue weighted by atomic mass is 32.2. The molecular weight excluding hydrogens is 278 g/mol. The summed E-state index contributed by atoms with van der Waals surface area (Å²) in [6, 6.07) is 8.79. The highest BCUT2D eigenvalue weighted by Crippen LogP contribution is 2.28. The standard InChI is InChI=1S/C17H25N3S/c1-13(2)11-16-12-18-17(21-16)19-14-5-7-15(8-6-14)20-9-3-4-10-20/h5-8,13,16H,3-4,9-12H2,1-2H3,(H,18,19). The molecule has 0 aliphatic carbocycles. The highest BCUT2D eigenvalue weighted by Gasteiger charge is 2.20. The third-order valence-electron chi connectivity index (χ3n) is 4.04. The molecule has 2 aliphatic rings. The second-order valence-electron chi connectivity index (χ2n) is 6.38. The summed E-state index contributed by atoms with van der Waals surface area (Å²) < 4.78 is 0. The molecule has 1 aromatic rings. The van der Waals surface area contributed by atoms with Gasteiger partial charge >= 0.3 is 0 Å². The van der Waals surface area contributed by atoms with Crippen LogP contribution in [0.1, 0.15) is 33.1 Å². The van der Waals surface area contributed by atoms with Gasteiger partial charge in [0.25, 0.3) is 0 Å². The zero-order chi connectivity index (χ0) is 14.7. The average molecular weight is 303 g/mol. The van der Waals surface area contributed by atoms with E-state index in [2.05, 4.69) is 53.3 Å². The summed E-state index contributed by atoms with van der Waals surface area (Å²) in [5, 5.41) is 5.18. The van der Waals surface area contributed by atoms with E-state index in [1.54, 1.807) is 0 Å². The van der Waals surface area contributed by atoms with Crippen LogP contribution in [0.15, 0.2) is 29.3 Å². The van der Waals surface area contributed by atoms with Gasteiger partial charge in [-0.1, -0.05) is 25.6 Å². The van der Waals surface area contributed by atoms with Gasteiger partial charge in [-0.05, 0) is 49.4 Å². The van der Waals surface area contributed by atoms with Crippen LogP contribution in [0, 0.1) is 5.92 Å². The van der Waals surface area contributed by atoms with E-state index in [4.69, 9.17) is 0 Å². The lowest BCUT2D eigenvalue weighted by molar-refractivity contribution is 0.575. The van der Waals surface area contributed by atoms with Crippen LogP contribution in [0.3, 0.4) is 0 Å². The fourth-order valence-corrected chi connectivity index (χ4v) is 4.26. The van der Waals surface area contributed by atoms with Crippen molar-refractivity contribution >= 4 is 28.3 Å². The Kier molecular flexibility index (Phi) is 4.73. The number of anilines is 2. The quantitative estimate of drug-likeness (QED) is 0.902. The molecule has 2 heterocycles. The summed E-state index contributed by atoms with van der Waals surface area (Å²) in [7, 11) is 0. The summed E-state index contributed by atoms with van der Waals surface area (Å²) >= 11 is 1.89. The lowest BCUT2D eigenvalue weighted by atomic mass is 10.1. The number of nitrogens with one attached hydrogen (secondary N) is 1. The predicted molar refractivity (Wildman–Crippen MR) is 94.6 cm³/mol. The average Bonchev–Trinajstić information content (AvgIpc) is 3.11. The monoisotopic (exact) mass is 303 g/mol. The van der Waals surface area contributed by atoms with Gasteiger partial charge in [0.15, 0.2) is 5.17 Å². The molecule has 0 saturated carbocycles. The van der Waals surface area contributed by atoms with Gasteiger partial charge in [0.1, 0.15) is 0 Å². The largest absolute Gasteiger partial charge is 0.372 e. The van der Waals surface area contributed by atoms with Gasteiger partial charge < -0.3 is 10.2 Å². The van der Waals surface area contributed by atoms with Gasteiger partial charge in [0.05, 0.1) is 6.54 Å². The molecule has 1 saturated heterocycles. The van der Waals surface area contributed by atoms with Crippen LogP contribution in [-0.2, 0) is 0 Å². The minimum Gasteiger partial charge on any atom is -0.372 e. The first kappa shape index (κ1) is 14.8. The molecule has 2 aliphatic heterocycles. The van der Waals surface area contributed by atoms with E-state index in [1.165, 1.54) is 38.0 Å². The van der Waals surface area contributed by atoms with Crippen molar-refractivity contribution in [3.05, 3.63) is 24.3 Å². The molecule has 3 rings (SSSR count). The number of benzene rings is 1. The second-order valence-corrected chi connectivity index (χ2v) is 7.67. The Morgan fingerprint density at radius 2 is 1.95 bits per heavy atom. The second kappa shape index (κ2) is 6.73. The van der Waals surface area contributed by atoms with Crippen LogP contribution in [-0.4, -0.2) is 30.1 Å². The van der Waals surface area contributed by atoms with Crippen molar-refractivity contribution in [1.82, 2.24) is 0 Å². The number of aliphatic imine (C=N–C) groups is 1. The van der Waals surface area contributed by atoms with Crippen molar-refractivity contribution < 1.29 is 0 Å². The zero-order valence-corrected chi connectivity index (χ0v) is 13.8. The zero-order valence-electron chi connectivity index (χ0n) is 13.0. The maximum absolute atomic E-state index is 4.62. The molecule has 0 aromatic heterocycles. The summed E-state index contributed by atoms with van der Waals surface area (Å²) in [4.78, 5) is 7.09. The first-order valence-electron chi connectivity index (χ1n) is 8.04. The van der Waals surface area contributed by atoms with Crippen LogP contribution in [0.5, 0.6) is 0 Å². The van der Waals surface area contributed by atoms with Gasteiger partial charge in [-0.3, -0.25) is 4.99 Å². The summed E-state index contributed by atoms with van der Waals surface area (Å²) in [6.07, 6.45) is 3.89. The molecule has 0 radical (unpaired) electrons. The number of hydrogen-bond acceptors (Lipinski definition) is 4. The van der Waals surface area contributed by atoms with E-state index in [9.17, 15) is 0 Å². The molecule has 3 nitrogen and oxygen atoms in total. The molecule has 1 atom stereocenters. The van der Waals surface area contributed by atoms with E-state index in [0.717, 1.165) is 23.3 Å². The smallest absolute Gasteiger partial charge is 0.161 e. The Morgan fingerprint density at radius 1 is 1.24 bits per heavy atom. The maximum Gasteiger partial charge on any atom is 0.161 e. The molecule has 4 heteroatoms. The van der Waals surface area contributed by atoms with Crippen LogP contribution >= 0.6 is 11.8 Å². The van der Waals surface area contributed by atoms with Crippen LogP contribution < -0.4 is 10.2 Å². The highest BCUT2D eigenvalue weighted by molar-refractivity contribution is 8.15. The SMILES string of the molecule is CC(C)CC1CN=C(Nc2ccc(N3CCCC3)cc2)S1. The van der Waals surface area contributed by atoms with E-state index in [0.29, 0.717) is 5.25 Å². The Balaban J connectivity index is 1.54. The van der Waals surface area contributed by atoms with Crippen molar-refractivity contribution in [2.75, 3.05) is 29.9 Å². The Morgan fingerprint density at radius 3 is 2.62 bits per heavy atom. The Bertz CT molecular complexity index is 489. The van der Waals surface area contributed by atoms with E-state index in [-0.39, 0.29) is 0 Å². The third-order valence-corrected chi connectivity index (χ3v) is 5.17. The van der Waals surface area contributed by atoms with E-state index < -0.39 is 0 Å². The fourth-order valence-electron chi connectivity index (χ4n) is 2.99. The fraction of sp³-hybridized carbons (Fsp3) is 0.588. The molecule has 0 spiro atoms. The van der Waals surface area contributed by atoms with Crippen molar-refractivity contribution in [3.63, 3.8) is 0 Å². The lowest BCUT2D eigenvalue weighted by Crippen LogP contribution is -2.17. The van der Waals surface area contributed by atoms with Gasteiger partial charge in [0.2, 0.25) is 0 Å². The van der Waals surface area contributed by atoms with Crippen LogP contribution in [0.25, 0.3) is 0 Å². The summed E-state index contributed by atoms with van der Waals surface area (Å²) in [6.45, 7) is 7.92. The number of rotatable bonds is 4. The van der Waals surface area contributed by atoms with Gasteiger partial charge in [0, 0.05) is 29.7 Å². The van der Waals surface area contributed by atoms with Crippen molar-refractivity contribution in [2.45, 2.75) is 38.4 Å². The number of amidine groups is 1. The van der Waals surface area contributed by atoms with E-state index >= 15 is 0 Å². The molecule has 114 valence electrons. The molecule has 1 unspecified atom stereocenters. The Labute approximate surface area is 132 Å². The van der Waals surface area contributed by atoms with Crippen LogP contribution in [0.2, 0.25) is 0 Å². The molecular formula is C17H25N3S. The first-order chi connectivity index (χ1) is 10.2. The summed E-state index contributed by atoms with van der Waals surface area (Å²) in [5.41, 5.74) is 2.49. The number of hydrogen-bond donors (Lipinski definition) is 1. The molecule has 0 bridgehead atoms. The third kappa shape index (κ3) is 3.94. The summed E-state index contributed by atoms with van der Waals surface area (Å²) in [5.74, 6) is 0.747. The molecule has 1 N–H and O–H groups in total.